The molecule has 0 saturated carbocycles. The van der Waals surface area contributed by atoms with E-state index in [0.717, 1.165) is 30.5 Å². The van der Waals surface area contributed by atoms with Gasteiger partial charge in [-0.25, -0.2) is 0 Å². The lowest BCUT2D eigenvalue weighted by Crippen LogP contribution is -2.05. The molecule has 1 rings (SSSR count). The van der Waals surface area contributed by atoms with Gasteiger partial charge in [-0.2, -0.15) is 13.2 Å². The molecular weight excluding hydrogens is 201 g/mol. The molecule has 0 aliphatic rings. The van der Waals surface area contributed by atoms with Gasteiger partial charge < -0.3 is 0 Å². The lowest BCUT2D eigenvalue weighted by molar-refractivity contribution is -0.137. The van der Waals surface area contributed by atoms with Crippen molar-refractivity contribution < 1.29 is 13.2 Å². The van der Waals surface area contributed by atoms with Gasteiger partial charge in [0, 0.05) is 0 Å². The van der Waals surface area contributed by atoms with E-state index in [0.29, 0.717) is 5.56 Å². The van der Waals surface area contributed by atoms with Crippen molar-refractivity contribution in [2.24, 2.45) is 0 Å². The highest BCUT2D eigenvalue weighted by Crippen LogP contribution is 2.31. The Bertz CT molecular complexity index is 350. The molecule has 0 amide bonds. The number of benzene rings is 1. The molecule has 0 atom stereocenters. The molecule has 0 aromatic heterocycles. The fourth-order valence-electron chi connectivity index (χ4n) is 1.46. The van der Waals surface area contributed by atoms with Crippen LogP contribution in [0.3, 0.4) is 0 Å². The summed E-state index contributed by atoms with van der Waals surface area (Å²) in [4.78, 5) is 0. The molecule has 0 spiro atoms. The number of halogens is 3. The Labute approximate surface area is 87.4 Å². The topological polar surface area (TPSA) is 0 Å². The van der Waals surface area contributed by atoms with Crippen LogP contribution < -0.4 is 0 Å². The van der Waals surface area contributed by atoms with Gasteiger partial charge in [0.15, 0.2) is 0 Å². The highest BCUT2D eigenvalue weighted by molar-refractivity contribution is 5.53. The summed E-state index contributed by atoms with van der Waals surface area (Å²) in [6.45, 7) is 5.52. The second-order valence-corrected chi connectivity index (χ2v) is 3.37. The fourth-order valence-corrected chi connectivity index (χ4v) is 1.46. The van der Waals surface area contributed by atoms with Crippen molar-refractivity contribution in [3.05, 3.63) is 41.5 Å². The molecule has 15 heavy (non-hydrogen) atoms. The number of rotatable bonds is 3. The molecule has 0 N–H and O–H groups in total. The van der Waals surface area contributed by atoms with Crippen LogP contribution in [-0.4, -0.2) is 0 Å². The first kappa shape index (κ1) is 11.8. The minimum absolute atomic E-state index is 0.576. The van der Waals surface area contributed by atoms with Crippen LogP contribution in [-0.2, 0) is 12.6 Å². The van der Waals surface area contributed by atoms with Gasteiger partial charge in [0.2, 0.25) is 0 Å². The molecule has 0 aliphatic carbocycles. The lowest BCUT2D eigenvalue weighted by atomic mass is 10.0. The van der Waals surface area contributed by atoms with Gasteiger partial charge >= 0.3 is 6.18 Å². The SMILES string of the molecule is C=Cc1cc(C(F)(F)F)ccc1CCC. The number of hydrogen-bond donors (Lipinski definition) is 0. The maximum absolute atomic E-state index is 12.4. The van der Waals surface area contributed by atoms with Crippen molar-refractivity contribution in [2.45, 2.75) is 25.9 Å². The maximum atomic E-state index is 12.4. The summed E-state index contributed by atoms with van der Waals surface area (Å²) in [6.07, 6.45) is -1.12. The third-order valence-corrected chi connectivity index (χ3v) is 2.21. The summed E-state index contributed by atoms with van der Waals surface area (Å²) in [7, 11) is 0. The standard InChI is InChI=1S/C12H13F3/c1-3-5-10-6-7-11(12(13,14)15)8-9(10)4-2/h4,6-8H,2-3,5H2,1H3. The van der Waals surface area contributed by atoms with Crippen molar-refractivity contribution in [1.29, 1.82) is 0 Å². The third kappa shape index (κ3) is 2.85. The monoisotopic (exact) mass is 214 g/mol. The number of alkyl halides is 3. The normalized spacial score (nSPS) is 11.5. The quantitative estimate of drug-likeness (QED) is 0.703. The Morgan fingerprint density at radius 2 is 2.00 bits per heavy atom. The molecule has 1 aromatic rings. The van der Waals surface area contributed by atoms with Gasteiger partial charge in [-0.1, -0.05) is 32.1 Å². The molecular formula is C12H13F3. The molecule has 3 heteroatoms. The van der Waals surface area contributed by atoms with E-state index in [4.69, 9.17) is 0 Å². The highest BCUT2D eigenvalue weighted by atomic mass is 19.4. The molecule has 0 radical (unpaired) electrons. The van der Waals surface area contributed by atoms with Crippen molar-refractivity contribution >= 4 is 6.08 Å². The van der Waals surface area contributed by atoms with Crippen LogP contribution in [0.4, 0.5) is 13.2 Å². The zero-order chi connectivity index (χ0) is 11.5. The predicted octanol–water partition coefficient (Wildman–Crippen LogP) is 4.30. The van der Waals surface area contributed by atoms with E-state index >= 15 is 0 Å². The smallest absolute Gasteiger partial charge is 0.166 e. The minimum Gasteiger partial charge on any atom is -0.166 e. The van der Waals surface area contributed by atoms with Crippen LogP contribution in [0.25, 0.3) is 6.08 Å². The highest BCUT2D eigenvalue weighted by Gasteiger charge is 2.30. The van der Waals surface area contributed by atoms with Crippen LogP contribution in [0.2, 0.25) is 0 Å². The Morgan fingerprint density at radius 1 is 1.33 bits per heavy atom. The van der Waals surface area contributed by atoms with Crippen LogP contribution in [0.1, 0.15) is 30.0 Å². The summed E-state index contributed by atoms with van der Waals surface area (Å²) in [5.41, 5.74) is 0.879. The Balaban J connectivity index is 3.13. The minimum atomic E-state index is -4.28. The van der Waals surface area contributed by atoms with E-state index < -0.39 is 11.7 Å². The van der Waals surface area contributed by atoms with Gasteiger partial charge in [0.05, 0.1) is 5.56 Å². The van der Waals surface area contributed by atoms with E-state index in [-0.39, 0.29) is 0 Å². The number of aryl methyl sites for hydroxylation is 1. The van der Waals surface area contributed by atoms with Crippen molar-refractivity contribution in [2.75, 3.05) is 0 Å². The fraction of sp³-hybridized carbons (Fsp3) is 0.333. The van der Waals surface area contributed by atoms with E-state index in [9.17, 15) is 13.2 Å². The largest absolute Gasteiger partial charge is 0.416 e. The van der Waals surface area contributed by atoms with Gasteiger partial charge in [-0.05, 0) is 29.7 Å². The van der Waals surface area contributed by atoms with Gasteiger partial charge in [0.1, 0.15) is 0 Å². The zero-order valence-corrected chi connectivity index (χ0v) is 8.56. The second-order valence-electron chi connectivity index (χ2n) is 3.37. The first-order valence-electron chi connectivity index (χ1n) is 4.81. The molecule has 0 saturated heterocycles. The third-order valence-electron chi connectivity index (χ3n) is 2.21. The molecule has 0 fully saturated rings. The predicted molar refractivity (Wildman–Crippen MR) is 55.5 cm³/mol. The van der Waals surface area contributed by atoms with E-state index in [1.54, 1.807) is 0 Å². The Morgan fingerprint density at radius 3 is 2.47 bits per heavy atom. The van der Waals surface area contributed by atoms with E-state index in [1.165, 1.54) is 12.1 Å². The molecule has 82 valence electrons. The van der Waals surface area contributed by atoms with Crippen molar-refractivity contribution in [1.82, 2.24) is 0 Å². The van der Waals surface area contributed by atoms with Gasteiger partial charge in [-0.3, -0.25) is 0 Å². The zero-order valence-electron chi connectivity index (χ0n) is 8.56. The first-order chi connectivity index (χ1) is 6.99. The average molecular weight is 214 g/mol. The summed E-state index contributed by atoms with van der Waals surface area (Å²) in [5, 5.41) is 0. The Kier molecular flexibility index (Phi) is 3.56. The summed E-state index contributed by atoms with van der Waals surface area (Å²) in [5.74, 6) is 0. The van der Waals surface area contributed by atoms with Crippen molar-refractivity contribution in [3.8, 4) is 0 Å². The summed E-state index contributed by atoms with van der Waals surface area (Å²) < 4.78 is 37.2. The van der Waals surface area contributed by atoms with Gasteiger partial charge in [-0.15, -0.1) is 0 Å². The van der Waals surface area contributed by atoms with Crippen LogP contribution >= 0.6 is 0 Å². The van der Waals surface area contributed by atoms with E-state index in [2.05, 4.69) is 6.58 Å². The van der Waals surface area contributed by atoms with E-state index in [1.807, 2.05) is 6.92 Å². The lowest BCUT2D eigenvalue weighted by Gasteiger charge is -2.10. The van der Waals surface area contributed by atoms with Gasteiger partial charge in [0.25, 0.3) is 0 Å². The molecule has 0 aliphatic heterocycles. The molecule has 0 heterocycles. The summed E-state index contributed by atoms with van der Waals surface area (Å²) in [6, 6.07) is 3.80. The van der Waals surface area contributed by atoms with Crippen LogP contribution in [0.15, 0.2) is 24.8 Å². The molecule has 1 aromatic carbocycles. The Hall–Kier alpha value is -1.25. The second kappa shape index (κ2) is 4.51. The molecule has 0 unspecified atom stereocenters. The molecule has 0 nitrogen and oxygen atoms in total. The van der Waals surface area contributed by atoms with Crippen LogP contribution in [0, 0.1) is 0 Å². The van der Waals surface area contributed by atoms with Crippen molar-refractivity contribution in [3.63, 3.8) is 0 Å². The average Bonchev–Trinajstić information content (AvgIpc) is 2.17. The number of hydrogen-bond acceptors (Lipinski definition) is 0. The molecule has 0 bridgehead atoms. The summed E-state index contributed by atoms with van der Waals surface area (Å²) >= 11 is 0. The first-order valence-corrected chi connectivity index (χ1v) is 4.81. The van der Waals surface area contributed by atoms with Crippen LogP contribution in [0.5, 0.6) is 0 Å². The maximum Gasteiger partial charge on any atom is 0.416 e.